The van der Waals surface area contributed by atoms with Gasteiger partial charge < -0.3 is 19.7 Å². The van der Waals surface area contributed by atoms with Crippen LogP contribution in [-0.2, 0) is 21.4 Å². The van der Waals surface area contributed by atoms with Crippen molar-refractivity contribution in [2.75, 3.05) is 35.3 Å². The normalized spacial score (nSPS) is 15.8. The first-order valence-electron chi connectivity index (χ1n) is 11.7. The average Bonchev–Trinajstić information content (AvgIpc) is 3.57. The van der Waals surface area contributed by atoms with E-state index in [4.69, 9.17) is 9.47 Å². The van der Waals surface area contributed by atoms with Gasteiger partial charge in [-0.25, -0.2) is 21.6 Å². The molecule has 2 aliphatic rings. The highest BCUT2D eigenvalue weighted by molar-refractivity contribution is 7.94. The van der Waals surface area contributed by atoms with Gasteiger partial charge >= 0.3 is 0 Å². The summed E-state index contributed by atoms with van der Waals surface area (Å²) in [6, 6.07) is 13.5. The molecule has 3 aromatic rings. The molecule has 0 atom stereocenters. The van der Waals surface area contributed by atoms with Crippen molar-refractivity contribution < 1.29 is 31.1 Å². The highest BCUT2D eigenvalue weighted by Gasteiger charge is 2.55. The van der Waals surface area contributed by atoms with Crippen molar-refractivity contribution in [3.8, 4) is 5.75 Å². The summed E-state index contributed by atoms with van der Waals surface area (Å²) in [5, 5.41) is 2.53. The molecule has 1 fully saturated rings. The number of halogens is 3. The molecule has 2 N–H and O–H groups in total. The van der Waals surface area contributed by atoms with Crippen LogP contribution in [0.1, 0.15) is 24.0 Å². The van der Waals surface area contributed by atoms with E-state index in [1.54, 1.807) is 13.0 Å². The summed E-state index contributed by atoms with van der Waals surface area (Å²) in [4.78, 5) is 1.32. The molecule has 0 radical (unpaired) electrons. The smallest absolute Gasteiger partial charge is 0.240 e. The van der Waals surface area contributed by atoms with Gasteiger partial charge in [0, 0.05) is 7.05 Å². The van der Waals surface area contributed by atoms with Crippen molar-refractivity contribution in [1.29, 1.82) is 0 Å². The zero-order valence-electron chi connectivity index (χ0n) is 20.3. The van der Waals surface area contributed by atoms with E-state index in [-0.39, 0.29) is 42.8 Å². The summed E-state index contributed by atoms with van der Waals surface area (Å²) in [6.45, 7) is 1.71. The third-order valence-corrected chi connectivity index (χ3v) is 8.71. The maximum atomic E-state index is 15.4. The van der Waals surface area contributed by atoms with Crippen LogP contribution >= 0.6 is 0 Å². The van der Waals surface area contributed by atoms with Gasteiger partial charge in [-0.15, -0.1) is 0 Å². The Bertz CT molecular complexity index is 1450. The Morgan fingerprint density at radius 3 is 2.46 bits per heavy atom. The Hall–Kier alpha value is -3.44. The van der Waals surface area contributed by atoms with Gasteiger partial charge in [0.05, 0.1) is 18.9 Å². The molecular weight excluding hydrogens is 507 g/mol. The number of hydrogen-bond donors (Lipinski definition) is 2. The first kappa shape index (κ1) is 25.2. The van der Waals surface area contributed by atoms with E-state index in [2.05, 4.69) is 10.0 Å². The lowest BCUT2D eigenvalue weighted by molar-refractivity contribution is 0.116. The minimum atomic E-state index is -4.15. The van der Waals surface area contributed by atoms with Crippen LogP contribution in [0.3, 0.4) is 0 Å². The molecule has 5 rings (SSSR count). The van der Waals surface area contributed by atoms with E-state index in [1.165, 1.54) is 24.1 Å². The largest absolute Gasteiger partial charge is 0.469 e. The summed E-state index contributed by atoms with van der Waals surface area (Å²) in [5.41, 5.74) is 0.246. The number of rotatable bonds is 9. The summed E-state index contributed by atoms with van der Waals surface area (Å²) < 4.78 is 84.5. The van der Waals surface area contributed by atoms with Crippen LogP contribution in [0.2, 0.25) is 0 Å². The molecule has 0 spiro atoms. The van der Waals surface area contributed by atoms with Crippen LogP contribution in [0.5, 0.6) is 5.75 Å². The monoisotopic (exact) mass is 533 g/mol. The second-order valence-electron chi connectivity index (χ2n) is 9.40. The third kappa shape index (κ3) is 4.69. The summed E-state index contributed by atoms with van der Waals surface area (Å²) in [5.74, 6) is -3.49. The highest BCUT2D eigenvalue weighted by atomic mass is 32.2. The Morgan fingerprint density at radius 1 is 1.05 bits per heavy atom. The summed E-state index contributed by atoms with van der Waals surface area (Å²) >= 11 is 0. The Labute approximate surface area is 213 Å². The summed E-state index contributed by atoms with van der Waals surface area (Å²) in [7, 11) is -2.67. The second-order valence-corrected chi connectivity index (χ2v) is 11.5. The fourth-order valence-electron chi connectivity index (χ4n) is 4.24. The van der Waals surface area contributed by atoms with Gasteiger partial charge in [0.25, 0.3) is 0 Å². The Morgan fingerprint density at radius 2 is 1.78 bits per heavy atom. The first-order valence-corrected chi connectivity index (χ1v) is 13.2. The molecule has 1 aliphatic heterocycles. The van der Waals surface area contributed by atoms with E-state index in [0.717, 1.165) is 5.56 Å². The molecular formula is C26H26F3N3O4S. The predicted octanol–water partition coefficient (Wildman–Crippen LogP) is 5.43. The number of ether oxygens (including phenoxy) is 2. The fourth-order valence-corrected chi connectivity index (χ4v) is 5.79. The van der Waals surface area contributed by atoms with Crippen molar-refractivity contribution in [1.82, 2.24) is 0 Å². The molecule has 196 valence electrons. The molecule has 0 unspecified atom stereocenters. The number of aryl methyl sites for hydroxylation is 1. The van der Waals surface area contributed by atoms with E-state index >= 15 is 8.78 Å². The van der Waals surface area contributed by atoms with Gasteiger partial charge in [0.2, 0.25) is 10.0 Å². The third-order valence-electron chi connectivity index (χ3n) is 6.57. The SMILES string of the molecule is Cc1ccc(Nc2c(F)c(F)c3c(c2NS(=O)(=O)C2(COCc4ccccc4)CC2)OCN3C)c(F)c1. The van der Waals surface area contributed by atoms with Gasteiger partial charge in [-0.1, -0.05) is 36.4 Å². The van der Waals surface area contributed by atoms with Gasteiger partial charge in [0.15, 0.2) is 24.1 Å². The van der Waals surface area contributed by atoms with Crippen molar-refractivity contribution in [2.45, 2.75) is 31.1 Å². The fraction of sp³-hybridized carbons (Fsp3) is 0.308. The van der Waals surface area contributed by atoms with E-state index in [9.17, 15) is 12.8 Å². The maximum absolute atomic E-state index is 15.4. The molecule has 0 saturated heterocycles. The molecule has 1 aliphatic carbocycles. The minimum absolute atomic E-state index is 0.0841. The minimum Gasteiger partial charge on any atom is -0.469 e. The average molecular weight is 534 g/mol. The number of nitrogens with one attached hydrogen (secondary N) is 2. The lowest BCUT2D eigenvalue weighted by Gasteiger charge is -2.22. The van der Waals surface area contributed by atoms with Crippen LogP contribution in [0.15, 0.2) is 48.5 Å². The summed E-state index contributed by atoms with van der Waals surface area (Å²) in [6.07, 6.45) is 0.665. The molecule has 37 heavy (non-hydrogen) atoms. The molecule has 3 aromatic carbocycles. The Kier molecular flexibility index (Phi) is 6.45. The molecule has 1 saturated carbocycles. The van der Waals surface area contributed by atoms with E-state index in [0.29, 0.717) is 18.4 Å². The van der Waals surface area contributed by atoms with Gasteiger partial charge in [-0.3, -0.25) is 4.72 Å². The number of fused-ring (bicyclic) bond motifs is 1. The lowest BCUT2D eigenvalue weighted by atomic mass is 10.1. The molecule has 0 amide bonds. The van der Waals surface area contributed by atoms with Gasteiger partial charge in [-0.2, -0.15) is 0 Å². The quantitative estimate of drug-likeness (QED) is 0.382. The predicted molar refractivity (Wildman–Crippen MR) is 135 cm³/mol. The zero-order valence-corrected chi connectivity index (χ0v) is 21.1. The number of anilines is 4. The molecule has 11 heteroatoms. The van der Waals surface area contributed by atoms with Gasteiger partial charge in [-0.05, 0) is 43.0 Å². The molecule has 7 nitrogen and oxygen atoms in total. The van der Waals surface area contributed by atoms with E-state index in [1.807, 2.05) is 30.3 Å². The topological polar surface area (TPSA) is 79.9 Å². The van der Waals surface area contributed by atoms with Crippen molar-refractivity contribution in [3.05, 3.63) is 77.1 Å². The van der Waals surface area contributed by atoms with Crippen LogP contribution in [0.25, 0.3) is 0 Å². The zero-order chi connectivity index (χ0) is 26.4. The number of nitrogens with zero attached hydrogens (tertiary/aromatic N) is 1. The maximum Gasteiger partial charge on any atom is 0.240 e. The standard InChI is InChI=1S/C26H26F3N3O4S/c1-16-8-9-19(18(27)12-16)30-22-20(28)21(29)24-25(36-15-32(24)2)23(22)31-37(33,34)26(10-11-26)14-35-13-17-6-4-3-5-7-17/h3-9,12,30-31H,10-11,13-15H2,1-2H3. The van der Waals surface area contributed by atoms with Crippen molar-refractivity contribution in [3.63, 3.8) is 0 Å². The molecule has 0 bridgehead atoms. The number of sulfonamides is 1. The highest BCUT2D eigenvalue weighted by Crippen LogP contribution is 2.52. The van der Waals surface area contributed by atoms with Crippen LogP contribution < -0.4 is 19.7 Å². The van der Waals surface area contributed by atoms with Gasteiger partial charge in [0.1, 0.15) is 27.6 Å². The molecule has 1 heterocycles. The van der Waals surface area contributed by atoms with Crippen LogP contribution in [-0.4, -0.2) is 33.6 Å². The first-order chi connectivity index (χ1) is 17.6. The number of benzene rings is 3. The van der Waals surface area contributed by atoms with Crippen LogP contribution in [0, 0.1) is 24.4 Å². The Balaban J connectivity index is 1.48. The van der Waals surface area contributed by atoms with E-state index < -0.39 is 37.9 Å². The molecule has 0 aromatic heterocycles. The second kappa shape index (κ2) is 9.46. The van der Waals surface area contributed by atoms with Crippen LogP contribution in [0.4, 0.5) is 35.9 Å². The van der Waals surface area contributed by atoms with Crippen molar-refractivity contribution >= 4 is 32.8 Å². The lowest BCUT2D eigenvalue weighted by Crippen LogP contribution is -2.34. The van der Waals surface area contributed by atoms with Crippen molar-refractivity contribution in [2.24, 2.45) is 0 Å². The number of hydrogen-bond acceptors (Lipinski definition) is 6.